The molecule has 2 aliphatic rings. The summed E-state index contributed by atoms with van der Waals surface area (Å²) < 4.78 is 7.26. The van der Waals surface area contributed by atoms with Gasteiger partial charge in [0.05, 0.1) is 18.7 Å². The smallest absolute Gasteiger partial charge is 0.275 e. The summed E-state index contributed by atoms with van der Waals surface area (Å²) in [5.74, 6) is 0.158. The summed E-state index contributed by atoms with van der Waals surface area (Å²) in [5, 5.41) is 4.62. The maximum Gasteiger partial charge on any atom is 0.275 e. The van der Waals surface area contributed by atoms with Crippen LogP contribution in [0.4, 0.5) is 5.69 Å². The molecule has 1 aliphatic carbocycles. The molecule has 1 aliphatic heterocycles. The predicted octanol–water partition coefficient (Wildman–Crippen LogP) is 5.17. The van der Waals surface area contributed by atoms with Crippen molar-refractivity contribution < 1.29 is 14.3 Å². The third kappa shape index (κ3) is 3.66. The number of carbonyl (C=O) groups excluding carboxylic acids is 2. The number of benzene rings is 2. The number of methoxy groups -OCH3 is 1. The second kappa shape index (κ2) is 8.41. The first kappa shape index (κ1) is 21.8. The second-order valence-electron chi connectivity index (χ2n) is 9.22. The zero-order chi connectivity index (χ0) is 23.2. The van der Waals surface area contributed by atoms with Crippen LogP contribution in [0.5, 0.6) is 5.75 Å². The minimum atomic E-state index is -1.12. The molecule has 1 fully saturated rings. The van der Waals surface area contributed by atoms with Crippen molar-refractivity contribution in [2.45, 2.75) is 57.2 Å². The minimum absolute atomic E-state index is 0.141. The Labute approximate surface area is 198 Å². The van der Waals surface area contributed by atoms with Crippen LogP contribution in [-0.4, -0.2) is 35.1 Å². The van der Waals surface area contributed by atoms with Crippen molar-refractivity contribution in [3.63, 3.8) is 0 Å². The van der Waals surface area contributed by atoms with Gasteiger partial charge in [-0.1, -0.05) is 49.1 Å². The van der Waals surface area contributed by atoms with Gasteiger partial charge in [0.15, 0.2) is 0 Å². The summed E-state index contributed by atoms with van der Waals surface area (Å²) in [4.78, 5) is 29.3. The number of para-hydroxylation sites is 1. The molecule has 0 spiro atoms. The summed E-state index contributed by atoms with van der Waals surface area (Å²) in [6.07, 6.45) is 5.39. The van der Waals surface area contributed by atoms with Gasteiger partial charge in [-0.3, -0.25) is 14.5 Å². The average Bonchev–Trinajstić information content (AvgIpc) is 3.18. The van der Waals surface area contributed by atoms with Crippen molar-refractivity contribution >= 4 is 40.0 Å². The van der Waals surface area contributed by atoms with Crippen molar-refractivity contribution in [3.8, 4) is 5.75 Å². The zero-order valence-corrected chi connectivity index (χ0v) is 19.7. The maximum absolute atomic E-state index is 13.9. The van der Waals surface area contributed by atoms with E-state index in [4.69, 9.17) is 16.3 Å². The molecular formula is C26H28ClN3O3. The van der Waals surface area contributed by atoms with E-state index < -0.39 is 5.54 Å². The fraction of sp³-hybridized carbons (Fsp3) is 0.385. The predicted molar refractivity (Wildman–Crippen MR) is 130 cm³/mol. The minimum Gasteiger partial charge on any atom is -0.495 e. The van der Waals surface area contributed by atoms with Crippen LogP contribution >= 0.6 is 11.6 Å². The molecule has 2 amide bonds. The van der Waals surface area contributed by atoms with Crippen LogP contribution in [0.3, 0.4) is 0 Å². The lowest BCUT2D eigenvalue weighted by Gasteiger charge is -2.44. The fourth-order valence-electron chi connectivity index (χ4n) is 5.23. The Hall–Kier alpha value is -2.99. The van der Waals surface area contributed by atoms with Crippen LogP contribution < -0.4 is 15.0 Å². The average molecular weight is 466 g/mol. The Morgan fingerprint density at radius 3 is 2.61 bits per heavy atom. The Bertz CT molecular complexity index is 1230. The molecule has 1 saturated carbocycles. The Kier molecular flexibility index (Phi) is 5.57. The third-order valence-corrected chi connectivity index (χ3v) is 7.31. The van der Waals surface area contributed by atoms with Gasteiger partial charge >= 0.3 is 0 Å². The molecule has 3 aromatic rings. The lowest BCUT2D eigenvalue weighted by atomic mass is 9.91. The maximum atomic E-state index is 13.9. The number of hydrogen-bond acceptors (Lipinski definition) is 3. The van der Waals surface area contributed by atoms with E-state index in [2.05, 4.69) is 5.32 Å². The summed E-state index contributed by atoms with van der Waals surface area (Å²) in [6, 6.07) is 15.1. The molecule has 0 saturated heterocycles. The van der Waals surface area contributed by atoms with Gasteiger partial charge in [-0.05, 0) is 50.1 Å². The molecule has 5 rings (SSSR count). The number of amides is 2. The number of nitrogens with zero attached hydrogens (tertiary/aromatic N) is 2. The van der Waals surface area contributed by atoms with Gasteiger partial charge in [0.2, 0.25) is 5.91 Å². The van der Waals surface area contributed by atoms with E-state index in [1.807, 2.05) is 41.8 Å². The third-order valence-electron chi connectivity index (χ3n) is 7.02. The lowest BCUT2D eigenvalue weighted by molar-refractivity contribution is -0.127. The molecule has 0 bridgehead atoms. The molecule has 6 nitrogen and oxygen atoms in total. The Morgan fingerprint density at radius 2 is 1.88 bits per heavy atom. The molecule has 172 valence electrons. The molecule has 1 aromatic heterocycles. The van der Waals surface area contributed by atoms with Crippen LogP contribution in [0.25, 0.3) is 10.9 Å². The van der Waals surface area contributed by atoms with Gasteiger partial charge in [-0.2, -0.15) is 0 Å². The van der Waals surface area contributed by atoms with Gasteiger partial charge in [0, 0.05) is 22.6 Å². The molecule has 2 heterocycles. The van der Waals surface area contributed by atoms with Gasteiger partial charge in [-0.25, -0.2) is 0 Å². The molecule has 0 unspecified atom stereocenters. The monoisotopic (exact) mass is 465 g/mol. The highest BCUT2D eigenvalue weighted by molar-refractivity contribution is 6.32. The fourth-order valence-corrected chi connectivity index (χ4v) is 5.48. The first-order valence-corrected chi connectivity index (χ1v) is 11.9. The highest BCUT2D eigenvalue weighted by atomic mass is 35.5. The van der Waals surface area contributed by atoms with Crippen molar-refractivity contribution in [1.82, 2.24) is 9.88 Å². The number of rotatable bonds is 4. The normalized spacial score (nSPS) is 21.2. The first-order chi connectivity index (χ1) is 15.9. The summed E-state index contributed by atoms with van der Waals surface area (Å²) in [5.41, 5.74) is 0.959. The van der Waals surface area contributed by atoms with Gasteiger partial charge in [-0.15, -0.1) is 0 Å². The molecule has 1 atom stereocenters. The van der Waals surface area contributed by atoms with Crippen molar-refractivity contribution in [2.75, 3.05) is 12.0 Å². The number of aromatic nitrogens is 1. The number of carbonyl (C=O) groups is 2. The lowest BCUT2D eigenvalue weighted by Crippen LogP contribution is -2.65. The van der Waals surface area contributed by atoms with E-state index in [1.165, 1.54) is 6.42 Å². The zero-order valence-electron chi connectivity index (χ0n) is 18.9. The van der Waals surface area contributed by atoms with Crippen LogP contribution in [0.2, 0.25) is 5.02 Å². The van der Waals surface area contributed by atoms with Crippen LogP contribution in [-0.2, 0) is 11.3 Å². The first-order valence-electron chi connectivity index (χ1n) is 11.5. The summed E-state index contributed by atoms with van der Waals surface area (Å²) in [7, 11) is 1.55. The quantitative estimate of drug-likeness (QED) is 0.578. The number of halogens is 1. The van der Waals surface area contributed by atoms with E-state index in [0.29, 0.717) is 28.7 Å². The molecular weight excluding hydrogens is 438 g/mol. The van der Waals surface area contributed by atoms with Crippen molar-refractivity contribution in [2.24, 2.45) is 0 Å². The van der Waals surface area contributed by atoms with Crippen molar-refractivity contribution in [1.29, 1.82) is 0 Å². The number of anilines is 1. The van der Waals surface area contributed by atoms with Gasteiger partial charge in [0.25, 0.3) is 5.91 Å². The molecule has 2 aromatic carbocycles. The van der Waals surface area contributed by atoms with Crippen LogP contribution in [0.1, 0.15) is 49.5 Å². The highest BCUT2D eigenvalue weighted by Gasteiger charge is 2.49. The Morgan fingerprint density at radius 1 is 1.12 bits per heavy atom. The molecule has 0 radical (unpaired) electrons. The number of nitrogens with one attached hydrogen (secondary N) is 1. The van der Waals surface area contributed by atoms with Gasteiger partial charge < -0.3 is 14.6 Å². The van der Waals surface area contributed by atoms with Crippen LogP contribution in [0.15, 0.2) is 48.5 Å². The SMILES string of the molecule is COc1ccc(N2C(=O)c3cc4ccccc4n3C[C@@]2(C)C(=O)NC2CCCCC2)cc1Cl. The highest BCUT2D eigenvalue weighted by Crippen LogP contribution is 2.38. The van der Waals surface area contributed by atoms with Gasteiger partial charge in [0.1, 0.15) is 17.0 Å². The Balaban J connectivity index is 1.62. The molecule has 7 heteroatoms. The standard InChI is InChI=1S/C26H28ClN3O3/c1-26(25(32)28-18-9-4-3-5-10-18)16-29-21-11-7-6-8-17(21)14-22(29)24(31)30(26)19-12-13-23(33-2)20(27)15-19/h6-8,11-15,18H,3-5,9-10,16H2,1-2H3,(H,28,32)/t26-/m0/s1. The van der Waals surface area contributed by atoms with Crippen molar-refractivity contribution in [3.05, 3.63) is 59.2 Å². The number of hydrogen-bond donors (Lipinski definition) is 1. The summed E-state index contributed by atoms with van der Waals surface area (Å²) in [6.45, 7) is 2.20. The van der Waals surface area contributed by atoms with E-state index in [1.54, 1.807) is 30.2 Å². The van der Waals surface area contributed by atoms with E-state index in [-0.39, 0.29) is 17.9 Å². The summed E-state index contributed by atoms with van der Waals surface area (Å²) >= 11 is 6.42. The van der Waals surface area contributed by atoms with E-state index >= 15 is 0 Å². The number of ether oxygens (including phenoxy) is 1. The topological polar surface area (TPSA) is 63.6 Å². The van der Waals surface area contributed by atoms with E-state index in [0.717, 1.165) is 36.6 Å². The molecule has 1 N–H and O–H groups in total. The number of fused-ring (bicyclic) bond motifs is 3. The second-order valence-corrected chi connectivity index (χ2v) is 9.62. The van der Waals surface area contributed by atoms with Crippen LogP contribution in [0, 0.1) is 0 Å². The largest absolute Gasteiger partial charge is 0.495 e. The van der Waals surface area contributed by atoms with E-state index in [9.17, 15) is 9.59 Å². The molecule has 33 heavy (non-hydrogen) atoms.